The van der Waals surface area contributed by atoms with E-state index < -0.39 is 5.97 Å². The zero-order valence-electron chi connectivity index (χ0n) is 10.2. The van der Waals surface area contributed by atoms with Gasteiger partial charge in [-0.2, -0.15) is 0 Å². The first-order chi connectivity index (χ1) is 8.12. The summed E-state index contributed by atoms with van der Waals surface area (Å²) in [6.07, 6.45) is 4.80. The van der Waals surface area contributed by atoms with Crippen LogP contribution in [0.15, 0.2) is 18.2 Å². The monoisotopic (exact) mass is 230 g/mol. The molecule has 0 amide bonds. The van der Waals surface area contributed by atoms with Crippen LogP contribution in [0.1, 0.15) is 42.4 Å². The van der Waals surface area contributed by atoms with Gasteiger partial charge in [-0.25, -0.2) is 0 Å². The zero-order chi connectivity index (χ0) is 12.0. The molecule has 1 N–H and O–H groups in total. The molecule has 1 unspecified atom stereocenters. The van der Waals surface area contributed by atoms with Crippen molar-refractivity contribution >= 4 is 5.97 Å². The van der Waals surface area contributed by atoms with Crippen molar-refractivity contribution in [2.75, 3.05) is 0 Å². The lowest BCUT2D eigenvalue weighted by Gasteiger charge is -2.33. The molecule has 0 saturated heterocycles. The normalized spacial score (nSPS) is 24.4. The summed E-state index contributed by atoms with van der Waals surface area (Å²) in [7, 11) is 0. The van der Waals surface area contributed by atoms with Crippen LogP contribution in [0.2, 0.25) is 0 Å². The third kappa shape index (κ3) is 1.67. The number of fused-ring (bicyclic) bond motifs is 2. The van der Waals surface area contributed by atoms with Crippen LogP contribution in [-0.4, -0.2) is 11.1 Å². The van der Waals surface area contributed by atoms with Gasteiger partial charge in [-0.05, 0) is 55.1 Å². The molecule has 2 aliphatic rings. The fraction of sp³-hybridized carbons (Fsp3) is 0.533. The highest BCUT2D eigenvalue weighted by Crippen LogP contribution is 2.59. The van der Waals surface area contributed by atoms with Crippen LogP contribution in [0.3, 0.4) is 0 Å². The molecular weight excluding hydrogens is 212 g/mol. The number of hydrogen-bond acceptors (Lipinski definition) is 1. The van der Waals surface area contributed by atoms with Crippen LogP contribution in [0.25, 0.3) is 0 Å². The Bertz CT molecular complexity index is 472. The van der Waals surface area contributed by atoms with Crippen molar-refractivity contribution < 1.29 is 9.90 Å². The van der Waals surface area contributed by atoms with E-state index in [1.807, 2.05) is 0 Å². The minimum atomic E-state index is -0.642. The van der Waals surface area contributed by atoms with E-state index in [1.54, 1.807) is 0 Å². The fourth-order valence-corrected chi connectivity index (χ4v) is 3.56. The zero-order valence-corrected chi connectivity index (χ0v) is 10.2. The molecule has 2 heteroatoms. The number of aliphatic carboxylic acids is 1. The molecule has 1 aromatic carbocycles. The second-order valence-corrected chi connectivity index (χ2v) is 5.65. The highest BCUT2D eigenvalue weighted by atomic mass is 16.4. The number of carboxylic acid groups (broad SMARTS) is 1. The predicted molar refractivity (Wildman–Crippen MR) is 66.2 cm³/mol. The summed E-state index contributed by atoms with van der Waals surface area (Å²) < 4.78 is 0. The maximum atomic E-state index is 10.9. The van der Waals surface area contributed by atoms with Gasteiger partial charge in [-0.3, -0.25) is 4.79 Å². The second kappa shape index (κ2) is 3.59. The molecule has 2 aliphatic carbocycles. The number of benzene rings is 1. The van der Waals surface area contributed by atoms with Gasteiger partial charge in [0.15, 0.2) is 0 Å². The molecule has 17 heavy (non-hydrogen) atoms. The minimum Gasteiger partial charge on any atom is -0.481 e. The topological polar surface area (TPSA) is 37.3 Å². The largest absolute Gasteiger partial charge is 0.481 e. The summed E-state index contributed by atoms with van der Waals surface area (Å²) in [4.78, 5) is 10.9. The number of carboxylic acids is 1. The van der Waals surface area contributed by atoms with Crippen LogP contribution in [0, 0.1) is 12.8 Å². The molecule has 90 valence electrons. The third-order valence-electron chi connectivity index (χ3n) is 4.55. The van der Waals surface area contributed by atoms with Crippen molar-refractivity contribution in [3.8, 4) is 0 Å². The van der Waals surface area contributed by atoms with Crippen LogP contribution in [0.4, 0.5) is 0 Å². The third-order valence-corrected chi connectivity index (χ3v) is 4.55. The van der Waals surface area contributed by atoms with E-state index in [0.29, 0.717) is 12.3 Å². The Balaban J connectivity index is 1.98. The smallest absolute Gasteiger partial charge is 0.303 e. The average molecular weight is 230 g/mol. The van der Waals surface area contributed by atoms with Gasteiger partial charge in [-0.1, -0.05) is 23.8 Å². The summed E-state index contributed by atoms with van der Waals surface area (Å²) in [6.45, 7) is 2.13. The molecule has 0 heterocycles. The number of carbonyl (C=O) groups is 1. The highest BCUT2D eigenvalue weighted by Gasteiger charge is 2.53. The Morgan fingerprint density at radius 2 is 2.24 bits per heavy atom. The van der Waals surface area contributed by atoms with Gasteiger partial charge in [0.05, 0.1) is 0 Å². The molecule has 0 bridgehead atoms. The molecule has 1 aromatic rings. The van der Waals surface area contributed by atoms with Crippen molar-refractivity contribution in [1.82, 2.24) is 0 Å². The quantitative estimate of drug-likeness (QED) is 0.847. The highest BCUT2D eigenvalue weighted by molar-refractivity contribution is 5.68. The average Bonchev–Trinajstić information content (AvgIpc) is 3.03. The van der Waals surface area contributed by atoms with Crippen LogP contribution in [0.5, 0.6) is 0 Å². The maximum Gasteiger partial charge on any atom is 0.303 e. The summed E-state index contributed by atoms with van der Waals surface area (Å²) in [5.74, 6) is -0.285. The molecule has 1 fully saturated rings. The number of hydrogen-bond donors (Lipinski definition) is 1. The van der Waals surface area contributed by atoms with Crippen molar-refractivity contribution in [2.45, 2.75) is 44.4 Å². The standard InChI is InChI=1S/C15H18O2/c1-10-2-5-13-11(8-10)3-4-12(9-14(16)17)15(13)6-7-15/h2,5,8,12H,3-4,6-7,9H2,1H3,(H,16,17). The maximum absolute atomic E-state index is 10.9. The molecule has 0 aromatic heterocycles. The van der Waals surface area contributed by atoms with E-state index in [4.69, 9.17) is 5.11 Å². The molecule has 1 spiro atoms. The Labute approximate surface area is 102 Å². The van der Waals surface area contributed by atoms with Gasteiger partial charge in [0.2, 0.25) is 0 Å². The lowest BCUT2D eigenvalue weighted by molar-refractivity contribution is -0.138. The Kier molecular flexibility index (Phi) is 2.29. The van der Waals surface area contributed by atoms with E-state index in [9.17, 15) is 4.79 Å². The molecule has 0 aliphatic heterocycles. The first-order valence-corrected chi connectivity index (χ1v) is 6.44. The van der Waals surface area contributed by atoms with Crippen LogP contribution >= 0.6 is 0 Å². The summed E-state index contributed by atoms with van der Waals surface area (Å²) >= 11 is 0. The van der Waals surface area contributed by atoms with E-state index in [2.05, 4.69) is 25.1 Å². The fourth-order valence-electron chi connectivity index (χ4n) is 3.56. The van der Waals surface area contributed by atoms with E-state index >= 15 is 0 Å². The van der Waals surface area contributed by atoms with Crippen molar-refractivity contribution in [3.63, 3.8) is 0 Å². The molecule has 1 saturated carbocycles. The van der Waals surface area contributed by atoms with Crippen LogP contribution in [-0.2, 0) is 16.6 Å². The summed E-state index contributed by atoms with van der Waals surface area (Å²) in [5, 5.41) is 9.02. The van der Waals surface area contributed by atoms with Gasteiger partial charge < -0.3 is 5.11 Å². The lowest BCUT2D eigenvalue weighted by atomic mass is 9.71. The lowest BCUT2D eigenvalue weighted by Crippen LogP contribution is -2.29. The van der Waals surface area contributed by atoms with Gasteiger partial charge >= 0.3 is 5.97 Å². The van der Waals surface area contributed by atoms with E-state index in [1.165, 1.54) is 29.5 Å². The first-order valence-electron chi connectivity index (χ1n) is 6.44. The molecule has 1 atom stereocenters. The van der Waals surface area contributed by atoms with Gasteiger partial charge in [0, 0.05) is 6.42 Å². The summed E-state index contributed by atoms with van der Waals surface area (Å²) in [5.41, 5.74) is 4.45. The number of rotatable bonds is 2. The van der Waals surface area contributed by atoms with Crippen molar-refractivity contribution in [1.29, 1.82) is 0 Å². The molecular formula is C15H18O2. The molecule has 0 radical (unpaired) electrons. The van der Waals surface area contributed by atoms with E-state index in [0.717, 1.165) is 12.8 Å². The Morgan fingerprint density at radius 3 is 2.88 bits per heavy atom. The molecule has 2 nitrogen and oxygen atoms in total. The SMILES string of the molecule is Cc1ccc2c(c1)CCC(CC(=O)O)C21CC1. The van der Waals surface area contributed by atoms with Gasteiger partial charge in [0.1, 0.15) is 0 Å². The van der Waals surface area contributed by atoms with Crippen molar-refractivity contribution in [2.24, 2.45) is 5.92 Å². The summed E-state index contributed by atoms with van der Waals surface area (Å²) in [6, 6.07) is 6.69. The van der Waals surface area contributed by atoms with Gasteiger partial charge in [-0.15, -0.1) is 0 Å². The predicted octanol–water partition coefficient (Wildman–Crippen LogP) is 3.06. The van der Waals surface area contributed by atoms with Gasteiger partial charge in [0.25, 0.3) is 0 Å². The van der Waals surface area contributed by atoms with Crippen LogP contribution < -0.4 is 0 Å². The Hall–Kier alpha value is -1.31. The van der Waals surface area contributed by atoms with Crippen molar-refractivity contribution in [3.05, 3.63) is 34.9 Å². The van der Waals surface area contributed by atoms with E-state index in [-0.39, 0.29) is 5.41 Å². The minimum absolute atomic E-state index is 0.222. The first kappa shape index (κ1) is 10.8. The second-order valence-electron chi connectivity index (χ2n) is 5.65. The Morgan fingerprint density at radius 1 is 1.47 bits per heavy atom. The molecule has 3 rings (SSSR count). The number of aryl methyl sites for hydroxylation is 2.